The molecule has 2 N–H and O–H groups in total. The third kappa shape index (κ3) is 12.8. The molecule has 2 heterocycles. The molecule has 0 saturated carbocycles. The first kappa shape index (κ1) is 32.8. The van der Waals surface area contributed by atoms with Crippen molar-refractivity contribution in [2.45, 2.75) is 40.2 Å². The van der Waals surface area contributed by atoms with Gasteiger partial charge in [-0.15, -0.1) is 0 Å². The van der Waals surface area contributed by atoms with Gasteiger partial charge in [0.1, 0.15) is 5.15 Å². The highest BCUT2D eigenvalue weighted by molar-refractivity contribution is 6.29. The summed E-state index contributed by atoms with van der Waals surface area (Å²) in [5, 5.41) is 10.6. The number of anilines is 1. The maximum absolute atomic E-state index is 12.8. The third-order valence-corrected chi connectivity index (χ3v) is 5.30. The van der Waals surface area contributed by atoms with Gasteiger partial charge < -0.3 is 15.5 Å². The quantitative estimate of drug-likeness (QED) is 0.107. The number of nitrogens with zero attached hydrogens (tertiary/aromatic N) is 5. The normalized spacial score (nSPS) is 12.3. The van der Waals surface area contributed by atoms with Crippen molar-refractivity contribution in [2.75, 3.05) is 32.0 Å². The van der Waals surface area contributed by atoms with Crippen molar-refractivity contribution in [3.63, 3.8) is 0 Å². The van der Waals surface area contributed by atoms with E-state index in [1.54, 1.807) is 31.6 Å². The van der Waals surface area contributed by atoms with Gasteiger partial charge in [0.15, 0.2) is 5.82 Å². The van der Waals surface area contributed by atoms with E-state index in [0.29, 0.717) is 44.9 Å². The fraction of sp³-hybridized carbons (Fsp3) is 0.370. The predicted octanol–water partition coefficient (Wildman–Crippen LogP) is 5.24. The molecule has 0 saturated heterocycles. The zero-order chi connectivity index (χ0) is 28.0. The molecule has 0 amide bonds. The molecule has 206 valence electrons. The lowest BCUT2D eigenvalue weighted by Crippen LogP contribution is -2.31. The number of oxime groups is 1. The molecule has 38 heavy (non-hydrogen) atoms. The number of allylic oxidation sites excluding steroid dienone is 5. The van der Waals surface area contributed by atoms with Crippen LogP contribution in [0.2, 0.25) is 5.15 Å². The summed E-state index contributed by atoms with van der Waals surface area (Å²) in [6, 6.07) is 5.73. The first-order valence-corrected chi connectivity index (χ1v) is 13.3. The minimum atomic E-state index is -0.269. The smallest absolute Gasteiger partial charge is 0.294 e. The Morgan fingerprint density at radius 3 is 2.68 bits per heavy atom. The number of nitrogens with one attached hydrogen (secondary N) is 2. The summed E-state index contributed by atoms with van der Waals surface area (Å²) in [5.41, 5.74) is 2.95. The molecule has 2 rings (SSSR count). The summed E-state index contributed by atoms with van der Waals surface area (Å²) >= 11 is 11.7. The Kier molecular flexibility index (Phi) is 17.9. The number of pyridine rings is 1. The second-order valence-corrected chi connectivity index (χ2v) is 7.93. The van der Waals surface area contributed by atoms with E-state index in [4.69, 9.17) is 28.0 Å². The minimum Gasteiger partial charge on any atom is -0.365 e. The van der Waals surface area contributed by atoms with E-state index in [1.807, 2.05) is 51.1 Å². The van der Waals surface area contributed by atoms with Gasteiger partial charge in [-0.3, -0.25) is 19.3 Å². The van der Waals surface area contributed by atoms with Gasteiger partial charge in [0.25, 0.3) is 5.56 Å². The first-order valence-electron chi connectivity index (χ1n) is 12.4. The van der Waals surface area contributed by atoms with E-state index >= 15 is 0 Å². The summed E-state index contributed by atoms with van der Waals surface area (Å²) in [4.78, 5) is 30.7. The number of aliphatic imine (C=N–C) groups is 1. The van der Waals surface area contributed by atoms with Gasteiger partial charge in [-0.25, -0.2) is 4.98 Å². The maximum Gasteiger partial charge on any atom is 0.294 e. The SMILES string of the molecule is C/C=C(\C=C/C=C/Cl)/C=N/OC(CCNCCn1c(Cl)cnc(NCCc2ccccn2)c1=O)=NC.CC. The number of rotatable bonds is 14. The topological polar surface area (TPSA) is 106 Å². The molecule has 0 aliphatic rings. The van der Waals surface area contributed by atoms with Crippen molar-refractivity contribution in [3.05, 3.63) is 87.2 Å². The Hall–Kier alpha value is -3.27. The lowest BCUT2D eigenvalue weighted by molar-refractivity contribution is 0.318. The van der Waals surface area contributed by atoms with Gasteiger partial charge in [0, 0.05) is 63.5 Å². The third-order valence-electron chi connectivity index (χ3n) is 4.85. The van der Waals surface area contributed by atoms with Crippen LogP contribution in [0.5, 0.6) is 0 Å². The zero-order valence-electron chi connectivity index (χ0n) is 22.4. The molecule has 2 aromatic heterocycles. The monoisotopic (exact) mass is 561 g/mol. The second-order valence-electron chi connectivity index (χ2n) is 7.29. The number of hydrogen-bond donors (Lipinski definition) is 2. The van der Waals surface area contributed by atoms with E-state index < -0.39 is 0 Å². The van der Waals surface area contributed by atoms with Crippen LogP contribution in [0.3, 0.4) is 0 Å². The van der Waals surface area contributed by atoms with E-state index in [2.05, 4.69) is 30.7 Å². The van der Waals surface area contributed by atoms with Gasteiger partial charge in [-0.1, -0.05) is 72.6 Å². The number of hydrogen-bond acceptors (Lipinski definition) is 8. The molecule has 2 aromatic rings. The van der Waals surface area contributed by atoms with Gasteiger partial charge in [-0.2, -0.15) is 0 Å². The van der Waals surface area contributed by atoms with E-state index in [-0.39, 0.29) is 16.5 Å². The number of aromatic nitrogens is 3. The molecule has 9 nitrogen and oxygen atoms in total. The van der Waals surface area contributed by atoms with E-state index in [0.717, 1.165) is 11.3 Å². The van der Waals surface area contributed by atoms with Crippen LogP contribution in [-0.4, -0.2) is 53.3 Å². The molecule has 0 aliphatic heterocycles. The Morgan fingerprint density at radius 2 is 2.00 bits per heavy atom. The van der Waals surface area contributed by atoms with E-state index in [9.17, 15) is 4.79 Å². The Labute approximate surface area is 235 Å². The summed E-state index contributed by atoms with van der Waals surface area (Å²) in [6.45, 7) is 7.94. The molecule has 0 unspecified atom stereocenters. The summed E-state index contributed by atoms with van der Waals surface area (Å²) in [5.74, 6) is 0.744. The largest absolute Gasteiger partial charge is 0.365 e. The molecule has 0 fully saturated rings. The second kappa shape index (κ2) is 20.7. The van der Waals surface area contributed by atoms with Crippen molar-refractivity contribution in [1.29, 1.82) is 0 Å². The van der Waals surface area contributed by atoms with Crippen molar-refractivity contribution in [1.82, 2.24) is 19.9 Å². The summed E-state index contributed by atoms with van der Waals surface area (Å²) in [6.07, 6.45) is 13.3. The van der Waals surface area contributed by atoms with Crippen LogP contribution < -0.4 is 16.2 Å². The maximum atomic E-state index is 12.8. The molecule has 0 aromatic carbocycles. The van der Waals surface area contributed by atoms with Crippen molar-refractivity contribution in [2.24, 2.45) is 10.1 Å². The Bertz CT molecular complexity index is 1140. The molecule has 0 radical (unpaired) electrons. The highest BCUT2D eigenvalue weighted by atomic mass is 35.5. The average Bonchev–Trinajstić information content (AvgIpc) is 2.95. The van der Waals surface area contributed by atoms with Gasteiger partial charge >= 0.3 is 0 Å². The summed E-state index contributed by atoms with van der Waals surface area (Å²) in [7, 11) is 1.64. The molecule has 11 heteroatoms. The zero-order valence-corrected chi connectivity index (χ0v) is 23.9. The predicted molar refractivity (Wildman–Crippen MR) is 160 cm³/mol. The molecule has 0 spiro atoms. The van der Waals surface area contributed by atoms with Crippen LogP contribution >= 0.6 is 23.2 Å². The standard InChI is InChI=1S/C25H31Cl2N7O2.C2H6/c1-3-20(8-4-6-12-26)18-33-36-23(28-2)11-14-29-16-17-34-22(27)19-32-24(25(34)35)31-15-10-21-9-5-7-13-30-21;1-2/h3-9,12-13,18-19,29H,10-11,14-17H2,1-2H3,(H,31,32);1-2H3/b8-4-,12-6+,20-3+,28-23?,33-18+;. The lowest BCUT2D eigenvalue weighted by Gasteiger charge is -2.12. The van der Waals surface area contributed by atoms with Crippen LogP contribution in [0.15, 0.2) is 80.9 Å². The lowest BCUT2D eigenvalue weighted by atomic mass is 10.2. The fourth-order valence-corrected chi connectivity index (χ4v) is 3.23. The van der Waals surface area contributed by atoms with Gasteiger partial charge in [0.05, 0.1) is 12.4 Å². The highest BCUT2D eigenvalue weighted by Crippen LogP contribution is 2.06. The van der Waals surface area contributed by atoms with Gasteiger partial charge in [-0.05, 0) is 24.6 Å². The molecule has 0 atom stereocenters. The number of halogens is 2. The first-order chi connectivity index (χ1) is 18.6. The Balaban J connectivity index is 0.00000352. The molecular formula is C27H37Cl2N7O2. The molecule has 0 aliphatic carbocycles. The van der Waals surface area contributed by atoms with Crippen LogP contribution in [0, 0.1) is 0 Å². The van der Waals surface area contributed by atoms with Crippen molar-refractivity contribution >= 4 is 41.1 Å². The average molecular weight is 563 g/mol. The summed E-state index contributed by atoms with van der Waals surface area (Å²) < 4.78 is 1.48. The highest BCUT2D eigenvalue weighted by Gasteiger charge is 2.09. The van der Waals surface area contributed by atoms with Crippen molar-refractivity contribution in [3.8, 4) is 0 Å². The molecule has 0 bridgehead atoms. The van der Waals surface area contributed by atoms with Crippen LogP contribution in [0.1, 0.15) is 32.9 Å². The van der Waals surface area contributed by atoms with E-state index in [1.165, 1.54) is 16.3 Å². The Morgan fingerprint density at radius 1 is 1.18 bits per heavy atom. The fourth-order valence-electron chi connectivity index (χ4n) is 2.93. The van der Waals surface area contributed by atoms with Crippen LogP contribution in [-0.2, 0) is 17.8 Å². The van der Waals surface area contributed by atoms with Gasteiger partial charge in [0.2, 0.25) is 5.90 Å². The van der Waals surface area contributed by atoms with Crippen molar-refractivity contribution < 1.29 is 4.84 Å². The minimum absolute atomic E-state index is 0.260. The van der Waals surface area contributed by atoms with Crippen LogP contribution in [0.25, 0.3) is 0 Å². The molecular weight excluding hydrogens is 525 g/mol. The van der Waals surface area contributed by atoms with Crippen LogP contribution in [0.4, 0.5) is 5.82 Å².